The fourth-order valence-electron chi connectivity index (χ4n) is 4.19. The highest BCUT2D eigenvalue weighted by Crippen LogP contribution is 2.26. The second kappa shape index (κ2) is 13.4. The van der Waals surface area contributed by atoms with E-state index in [9.17, 15) is 9.59 Å². The molecule has 2 unspecified atom stereocenters. The van der Waals surface area contributed by atoms with Crippen LogP contribution in [0.2, 0.25) is 0 Å². The topological polar surface area (TPSA) is 70.7 Å². The van der Waals surface area contributed by atoms with E-state index in [1.807, 2.05) is 18.2 Å². The zero-order valence-electron chi connectivity index (χ0n) is 19.4. The van der Waals surface area contributed by atoms with Gasteiger partial charge in [0.15, 0.2) is 0 Å². The molecule has 2 aromatic carbocycles. The molecule has 3 rings (SSSR count). The molecule has 2 N–H and O–H groups in total. The van der Waals surface area contributed by atoms with E-state index in [-0.39, 0.29) is 24.3 Å². The first-order chi connectivity index (χ1) is 16.2. The maximum atomic E-state index is 12.2. The van der Waals surface area contributed by atoms with Crippen molar-refractivity contribution in [1.29, 1.82) is 0 Å². The van der Waals surface area contributed by atoms with Gasteiger partial charge < -0.3 is 15.4 Å². The van der Waals surface area contributed by atoms with E-state index in [2.05, 4.69) is 70.1 Å². The summed E-state index contributed by atoms with van der Waals surface area (Å²) in [4.78, 5) is 26.6. The van der Waals surface area contributed by atoms with Crippen LogP contribution in [0.15, 0.2) is 72.8 Å². The van der Waals surface area contributed by atoms with Gasteiger partial charge in [-0.05, 0) is 30.4 Å². The fourth-order valence-corrected chi connectivity index (χ4v) is 4.19. The van der Waals surface area contributed by atoms with Crippen LogP contribution in [0.3, 0.4) is 0 Å². The molecule has 6 heteroatoms. The van der Waals surface area contributed by atoms with Gasteiger partial charge in [0.05, 0.1) is 6.61 Å². The van der Waals surface area contributed by atoms with E-state index < -0.39 is 6.09 Å². The van der Waals surface area contributed by atoms with Crippen LogP contribution in [-0.4, -0.2) is 43.6 Å². The summed E-state index contributed by atoms with van der Waals surface area (Å²) in [5, 5.41) is 5.56. The summed E-state index contributed by atoms with van der Waals surface area (Å²) < 4.78 is 5.43. The Hall–Kier alpha value is -3.12. The number of amides is 2. The van der Waals surface area contributed by atoms with Crippen molar-refractivity contribution in [2.45, 2.75) is 32.4 Å². The van der Waals surface area contributed by atoms with Gasteiger partial charge in [-0.1, -0.05) is 72.8 Å². The van der Waals surface area contributed by atoms with Crippen molar-refractivity contribution in [3.8, 4) is 0 Å². The predicted octanol–water partition coefficient (Wildman–Crippen LogP) is 4.13. The highest BCUT2D eigenvalue weighted by molar-refractivity contribution is 5.79. The second-order valence-corrected chi connectivity index (χ2v) is 8.48. The van der Waals surface area contributed by atoms with Gasteiger partial charge in [0.25, 0.3) is 0 Å². The Labute approximate surface area is 197 Å². The van der Waals surface area contributed by atoms with Crippen LogP contribution in [-0.2, 0) is 22.6 Å². The molecule has 33 heavy (non-hydrogen) atoms. The molecule has 176 valence electrons. The minimum Gasteiger partial charge on any atom is -0.449 e. The van der Waals surface area contributed by atoms with Gasteiger partial charge in [-0.3, -0.25) is 9.69 Å². The van der Waals surface area contributed by atoms with Gasteiger partial charge >= 0.3 is 6.09 Å². The molecule has 0 heterocycles. The second-order valence-electron chi connectivity index (χ2n) is 8.48. The van der Waals surface area contributed by atoms with E-state index in [1.54, 1.807) is 7.05 Å². The number of rotatable bonds is 11. The highest BCUT2D eigenvalue weighted by Gasteiger charge is 2.29. The number of hydrogen-bond donors (Lipinski definition) is 2. The van der Waals surface area contributed by atoms with E-state index >= 15 is 0 Å². The number of nitrogens with zero attached hydrogens (tertiary/aromatic N) is 1. The van der Waals surface area contributed by atoms with Crippen molar-refractivity contribution < 1.29 is 14.3 Å². The average Bonchev–Trinajstić information content (AvgIpc) is 2.86. The Morgan fingerprint density at radius 2 is 1.55 bits per heavy atom. The third-order valence-corrected chi connectivity index (χ3v) is 5.99. The average molecular weight is 450 g/mol. The number of carbonyl (C=O) groups is 2. The lowest BCUT2D eigenvalue weighted by Gasteiger charge is -2.26. The van der Waals surface area contributed by atoms with Crippen LogP contribution in [0.1, 0.15) is 30.4 Å². The largest absolute Gasteiger partial charge is 0.449 e. The molecule has 0 saturated carbocycles. The van der Waals surface area contributed by atoms with Crippen LogP contribution < -0.4 is 10.6 Å². The van der Waals surface area contributed by atoms with Gasteiger partial charge in [-0.15, -0.1) is 0 Å². The normalized spacial score (nSPS) is 17.5. The van der Waals surface area contributed by atoms with Crippen molar-refractivity contribution in [1.82, 2.24) is 15.5 Å². The third-order valence-electron chi connectivity index (χ3n) is 5.99. The van der Waals surface area contributed by atoms with Crippen molar-refractivity contribution >= 4 is 12.0 Å². The van der Waals surface area contributed by atoms with Gasteiger partial charge in [-0.2, -0.15) is 0 Å². The van der Waals surface area contributed by atoms with E-state index in [4.69, 9.17) is 4.74 Å². The minimum absolute atomic E-state index is 0.00489. The van der Waals surface area contributed by atoms with Gasteiger partial charge in [-0.25, -0.2) is 4.79 Å². The summed E-state index contributed by atoms with van der Waals surface area (Å²) in [5.41, 5.74) is 2.54. The molecular formula is C27H35N3O3. The summed E-state index contributed by atoms with van der Waals surface area (Å²) in [5.74, 6) is -0.115. The first-order valence-electron chi connectivity index (χ1n) is 11.7. The Balaban J connectivity index is 1.42. The monoisotopic (exact) mass is 449 g/mol. The molecular weight excluding hydrogens is 414 g/mol. The minimum atomic E-state index is -0.419. The molecule has 2 atom stereocenters. The highest BCUT2D eigenvalue weighted by atomic mass is 16.5. The molecule has 0 bridgehead atoms. The number of carbonyl (C=O) groups excluding carboxylic acids is 2. The summed E-state index contributed by atoms with van der Waals surface area (Å²) in [6, 6.07) is 20.9. The lowest BCUT2D eigenvalue weighted by Crippen LogP contribution is -2.37. The Morgan fingerprint density at radius 3 is 2.15 bits per heavy atom. The smallest absolute Gasteiger partial charge is 0.407 e. The maximum Gasteiger partial charge on any atom is 0.407 e. The van der Waals surface area contributed by atoms with Crippen LogP contribution in [0, 0.1) is 11.8 Å². The molecule has 0 fully saturated rings. The van der Waals surface area contributed by atoms with Crippen molar-refractivity contribution in [2.24, 2.45) is 11.8 Å². The summed E-state index contributed by atoms with van der Waals surface area (Å²) in [7, 11) is 1.64. The standard InChI is InChI=1S/C27H35N3O3/c1-28-26(31)25-16-9-8-15-24(25)21-33-27(32)29-17-10-18-30(19-22-11-4-2-5-12-22)20-23-13-6-3-7-14-23/h2-9,11-14,24-25H,10,15-21H2,1H3,(H,28,31)(H,29,32). The number of benzene rings is 2. The summed E-state index contributed by atoms with van der Waals surface area (Å²) >= 11 is 0. The number of nitrogens with one attached hydrogen (secondary N) is 2. The lowest BCUT2D eigenvalue weighted by molar-refractivity contribution is -0.126. The summed E-state index contributed by atoms with van der Waals surface area (Å²) in [6.45, 7) is 3.37. The molecule has 1 aliphatic rings. The number of alkyl carbamates (subject to hydrolysis) is 1. The van der Waals surface area contributed by atoms with E-state index in [0.717, 1.165) is 32.5 Å². The molecule has 6 nitrogen and oxygen atoms in total. The van der Waals surface area contributed by atoms with Gasteiger partial charge in [0.2, 0.25) is 5.91 Å². The van der Waals surface area contributed by atoms with E-state index in [0.29, 0.717) is 13.0 Å². The molecule has 0 saturated heterocycles. The molecule has 0 aliphatic heterocycles. The SMILES string of the molecule is CNC(=O)C1CC=CCC1COC(=O)NCCCN(Cc1ccccc1)Cc1ccccc1. The number of hydrogen-bond acceptors (Lipinski definition) is 4. The molecule has 0 radical (unpaired) electrons. The Morgan fingerprint density at radius 1 is 0.939 bits per heavy atom. The fraction of sp³-hybridized carbons (Fsp3) is 0.407. The van der Waals surface area contributed by atoms with Crippen LogP contribution >= 0.6 is 0 Å². The lowest BCUT2D eigenvalue weighted by atomic mass is 9.83. The van der Waals surface area contributed by atoms with Crippen molar-refractivity contribution in [2.75, 3.05) is 26.7 Å². The molecule has 2 aromatic rings. The zero-order valence-corrected chi connectivity index (χ0v) is 19.4. The van der Waals surface area contributed by atoms with Crippen molar-refractivity contribution in [3.63, 3.8) is 0 Å². The molecule has 0 aromatic heterocycles. The Kier molecular flexibility index (Phi) is 9.98. The first-order valence-corrected chi connectivity index (χ1v) is 11.7. The van der Waals surface area contributed by atoms with E-state index in [1.165, 1.54) is 11.1 Å². The summed E-state index contributed by atoms with van der Waals surface area (Å²) in [6.07, 6.45) is 5.92. The number of allylic oxidation sites excluding steroid dienone is 2. The predicted molar refractivity (Wildman–Crippen MR) is 130 cm³/mol. The zero-order chi connectivity index (χ0) is 23.3. The van der Waals surface area contributed by atoms with Crippen LogP contribution in [0.25, 0.3) is 0 Å². The molecule has 2 amide bonds. The van der Waals surface area contributed by atoms with Crippen LogP contribution in [0.5, 0.6) is 0 Å². The quantitative estimate of drug-likeness (QED) is 0.400. The molecule has 1 aliphatic carbocycles. The van der Waals surface area contributed by atoms with Gasteiger partial charge in [0, 0.05) is 45.1 Å². The molecule has 0 spiro atoms. The maximum absolute atomic E-state index is 12.2. The first kappa shape index (κ1) is 24.5. The van der Waals surface area contributed by atoms with Gasteiger partial charge in [0.1, 0.15) is 0 Å². The third kappa shape index (κ3) is 8.39. The number of ether oxygens (including phenoxy) is 1. The van der Waals surface area contributed by atoms with Crippen LogP contribution in [0.4, 0.5) is 4.79 Å². The Bertz CT molecular complexity index is 844. The van der Waals surface area contributed by atoms with Crippen molar-refractivity contribution in [3.05, 3.63) is 83.9 Å².